The summed E-state index contributed by atoms with van der Waals surface area (Å²) >= 11 is 0. The third-order valence-corrected chi connectivity index (χ3v) is 2.35. The van der Waals surface area contributed by atoms with Crippen LogP contribution in [0, 0.1) is 0 Å². The molecule has 1 atom stereocenters. The smallest absolute Gasteiger partial charge is 0.199 e. The van der Waals surface area contributed by atoms with Crippen LogP contribution in [0.25, 0.3) is 0 Å². The Morgan fingerprint density at radius 2 is 2.38 bits per heavy atom. The molecule has 13 heavy (non-hydrogen) atoms. The number of allylic oxidation sites excluding steroid dienone is 2. The lowest BCUT2D eigenvalue weighted by Gasteiger charge is -2.23. The molecule has 2 nitrogen and oxygen atoms in total. The largest absolute Gasteiger partial charge is 0.470 e. The van der Waals surface area contributed by atoms with Gasteiger partial charge in [0.05, 0.1) is 5.76 Å². The fourth-order valence-corrected chi connectivity index (χ4v) is 1.53. The van der Waals surface area contributed by atoms with Crippen molar-refractivity contribution in [1.29, 1.82) is 0 Å². The maximum Gasteiger partial charge on any atom is 0.199 e. The van der Waals surface area contributed by atoms with E-state index in [0.29, 0.717) is 0 Å². The molecular weight excluding hydrogens is 164 g/mol. The van der Waals surface area contributed by atoms with Gasteiger partial charge in [-0.2, -0.15) is 0 Å². The van der Waals surface area contributed by atoms with Crippen molar-refractivity contribution in [3.8, 4) is 0 Å². The molecule has 0 amide bonds. The second-order valence-electron chi connectivity index (χ2n) is 3.49. The molecule has 0 aromatic rings. The molecule has 76 valence electrons. The second-order valence-corrected chi connectivity index (χ2v) is 3.49. The Hall–Kier alpha value is -0.500. The van der Waals surface area contributed by atoms with Gasteiger partial charge in [-0.05, 0) is 18.9 Å². The first kappa shape index (κ1) is 10.6. The maximum atomic E-state index is 5.62. The van der Waals surface area contributed by atoms with E-state index in [2.05, 4.69) is 13.0 Å². The number of hydrogen-bond acceptors (Lipinski definition) is 2. The maximum absolute atomic E-state index is 5.62. The molecule has 0 saturated carbocycles. The van der Waals surface area contributed by atoms with Crippen LogP contribution in [0.3, 0.4) is 0 Å². The summed E-state index contributed by atoms with van der Waals surface area (Å²) in [6, 6.07) is 0. The number of hydrogen-bond donors (Lipinski definition) is 0. The van der Waals surface area contributed by atoms with E-state index >= 15 is 0 Å². The monoisotopic (exact) mass is 184 g/mol. The lowest BCUT2D eigenvalue weighted by Crippen LogP contribution is -2.18. The van der Waals surface area contributed by atoms with Crippen LogP contribution in [0.15, 0.2) is 11.8 Å². The van der Waals surface area contributed by atoms with E-state index in [1.165, 1.54) is 19.3 Å². The first-order valence-corrected chi connectivity index (χ1v) is 5.25. The molecule has 1 aliphatic rings. The topological polar surface area (TPSA) is 18.5 Å². The van der Waals surface area contributed by atoms with Crippen LogP contribution in [-0.2, 0) is 9.47 Å². The fourth-order valence-electron chi connectivity index (χ4n) is 1.53. The number of rotatable bonds is 5. The molecule has 1 heterocycles. The van der Waals surface area contributed by atoms with Crippen LogP contribution in [0.2, 0.25) is 0 Å². The molecule has 0 aromatic carbocycles. The molecule has 1 unspecified atom stereocenters. The Kier molecular flexibility index (Phi) is 4.91. The Balaban J connectivity index is 2.21. The summed E-state index contributed by atoms with van der Waals surface area (Å²) in [6.45, 7) is 2.22. The van der Waals surface area contributed by atoms with Gasteiger partial charge in [-0.15, -0.1) is 0 Å². The molecule has 1 rings (SSSR count). The van der Waals surface area contributed by atoms with E-state index < -0.39 is 0 Å². The average Bonchev–Trinajstić information content (AvgIpc) is 2.19. The quantitative estimate of drug-likeness (QED) is 0.611. The van der Waals surface area contributed by atoms with Crippen molar-refractivity contribution in [3.05, 3.63) is 11.8 Å². The molecule has 0 fully saturated rings. The minimum absolute atomic E-state index is 0.00151. The van der Waals surface area contributed by atoms with Crippen molar-refractivity contribution >= 4 is 0 Å². The Morgan fingerprint density at radius 3 is 3.08 bits per heavy atom. The highest BCUT2D eigenvalue weighted by Crippen LogP contribution is 2.21. The van der Waals surface area contributed by atoms with E-state index in [-0.39, 0.29) is 6.29 Å². The Labute approximate surface area is 80.9 Å². The lowest BCUT2D eigenvalue weighted by atomic mass is 10.1. The van der Waals surface area contributed by atoms with Gasteiger partial charge in [0.1, 0.15) is 0 Å². The third-order valence-electron chi connectivity index (χ3n) is 2.35. The van der Waals surface area contributed by atoms with Crippen molar-refractivity contribution in [2.75, 3.05) is 7.11 Å². The van der Waals surface area contributed by atoms with E-state index in [0.717, 1.165) is 25.0 Å². The molecule has 2 heteroatoms. The highest BCUT2D eigenvalue weighted by Gasteiger charge is 2.14. The van der Waals surface area contributed by atoms with Gasteiger partial charge in [-0.3, -0.25) is 0 Å². The van der Waals surface area contributed by atoms with E-state index in [9.17, 15) is 0 Å². The number of ether oxygens (including phenoxy) is 2. The van der Waals surface area contributed by atoms with Crippen molar-refractivity contribution in [3.63, 3.8) is 0 Å². The predicted molar refractivity (Wildman–Crippen MR) is 53.3 cm³/mol. The van der Waals surface area contributed by atoms with Crippen molar-refractivity contribution in [2.45, 2.75) is 51.7 Å². The summed E-state index contributed by atoms with van der Waals surface area (Å²) < 4.78 is 10.8. The van der Waals surface area contributed by atoms with Gasteiger partial charge in [-0.25, -0.2) is 0 Å². The molecule has 0 radical (unpaired) electrons. The lowest BCUT2D eigenvalue weighted by molar-refractivity contribution is -0.107. The summed E-state index contributed by atoms with van der Waals surface area (Å²) in [5.41, 5.74) is 0. The van der Waals surface area contributed by atoms with Gasteiger partial charge in [0.2, 0.25) is 0 Å². The zero-order chi connectivity index (χ0) is 9.52. The van der Waals surface area contributed by atoms with Gasteiger partial charge in [0.25, 0.3) is 0 Å². The Bertz CT molecular complexity index is 163. The predicted octanol–water partition coefficient (Wildman–Crippen LogP) is 3.23. The average molecular weight is 184 g/mol. The normalized spacial score (nSPS) is 22.3. The molecule has 0 spiro atoms. The standard InChI is InChI=1S/C11H20O2/c1-3-4-5-7-10-8-6-9-11(12-2)13-10/h8,11H,3-7,9H2,1-2H3. The van der Waals surface area contributed by atoms with E-state index in [1.54, 1.807) is 7.11 Å². The molecule has 0 N–H and O–H groups in total. The van der Waals surface area contributed by atoms with Crippen LogP contribution in [0.5, 0.6) is 0 Å². The Morgan fingerprint density at radius 1 is 1.54 bits per heavy atom. The van der Waals surface area contributed by atoms with Gasteiger partial charge in [0.15, 0.2) is 6.29 Å². The van der Waals surface area contributed by atoms with E-state index in [1.807, 2.05) is 0 Å². The zero-order valence-corrected chi connectivity index (χ0v) is 8.71. The van der Waals surface area contributed by atoms with Crippen LogP contribution >= 0.6 is 0 Å². The third kappa shape index (κ3) is 3.81. The summed E-state index contributed by atoms with van der Waals surface area (Å²) in [5.74, 6) is 1.13. The first-order valence-electron chi connectivity index (χ1n) is 5.25. The van der Waals surface area contributed by atoms with Crippen LogP contribution in [0.1, 0.15) is 45.4 Å². The number of unbranched alkanes of at least 4 members (excludes halogenated alkanes) is 2. The van der Waals surface area contributed by atoms with Gasteiger partial charge < -0.3 is 9.47 Å². The summed E-state index contributed by atoms with van der Waals surface area (Å²) in [6.07, 6.45) is 9.16. The van der Waals surface area contributed by atoms with E-state index in [4.69, 9.17) is 9.47 Å². The minimum Gasteiger partial charge on any atom is -0.470 e. The van der Waals surface area contributed by atoms with Gasteiger partial charge in [-0.1, -0.05) is 19.8 Å². The van der Waals surface area contributed by atoms with Crippen molar-refractivity contribution in [1.82, 2.24) is 0 Å². The second kappa shape index (κ2) is 6.03. The minimum atomic E-state index is 0.00151. The van der Waals surface area contributed by atoms with Crippen molar-refractivity contribution in [2.24, 2.45) is 0 Å². The van der Waals surface area contributed by atoms with Gasteiger partial charge >= 0.3 is 0 Å². The molecule has 1 aliphatic heterocycles. The van der Waals surface area contributed by atoms with Crippen LogP contribution in [0.4, 0.5) is 0 Å². The highest BCUT2D eigenvalue weighted by atomic mass is 16.7. The summed E-state index contributed by atoms with van der Waals surface area (Å²) in [7, 11) is 1.71. The van der Waals surface area contributed by atoms with Gasteiger partial charge in [0, 0.05) is 20.0 Å². The summed E-state index contributed by atoms with van der Waals surface area (Å²) in [5, 5.41) is 0. The molecule has 0 aromatic heterocycles. The fraction of sp³-hybridized carbons (Fsp3) is 0.818. The molecule has 0 bridgehead atoms. The van der Waals surface area contributed by atoms with Crippen molar-refractivity contribution < 1.29 is 9.47 Å². The molecular formula is C11H20O2. The highest BCUT2D eigenvalue weighted by molar-refractivity contribution is 4.96. The van der Waals surface area contributed by atoms with Crippen LogP contribution in [-0.4, -0.2) is 13.4 Å². The molecule has 0 aliphatic carbocycles. The SMILES string of the molecule is CCCCCC1=CCCC(OC)O1. The van der Waals surface area contributed by atoms with Crippen LogP contribution < -0.4 is 0 Å². The molecule has 0 saturated heterocycles. The first-order chi connectivity index (χ1) is 6.36. The number of methoxy groups -OCH3 is 1. The summed E-state index contributed by atoms with van der Waals surface area (Å²) in [4.78, 5) is 0. The zero-order valence-electron chi connectivity index (χ0n) is 8.71.